The highest BCUT2D eigenvalue weighted by Crippen LogP contribution is 2.26. The number of fused-ring (bicyclic) bond motifs is 1. The molecule has 3 aromatic rings. The van der Waals surface area contributed by atoms with Crippen LogP contribution < -0.4 is 0 Å². The van der Waals surface area contributed by atoms with Gasteiger partial charge in [0, 0.05) is 0 Å². The van der Waals surface area contributed by atoms with E-state index in [1.54, 1.807) is 6.33 Å². The number of hydrogen-bond donors (Lipinski definition) is 1. The molecule has 80 valence electrons. The number of hydrogen-bond acceptors (Lipinski definition) is 1. The van der Waals surface area contributed by atoms with Crippen LogP contribution in [0.3, 0.4) is 0 Å². The van der Waals surface area contributed by atoms with E-state index in [9.17, 15) is 0 Å². The number of aromatic amines is 1. The highest BCUT2D eigenvalue weighted by atomic mass is 14.9. The molecule has 0 aliphatic carbocycles. The Balaban J connectivity index is 2.16. The molecule has 1 N–H and O–H groups in total. The Kier molecular flexibility index (Phi) is 2.13. The van der Waals surface area contributed by atoms with Gasteiger partial charge in [-0.1, -0.05) is 24.3 Å². The third kappa shape index (κ3) is 1.66. The van der Waals surface area contributed by atoms with Gasteiger partial charge in [0.2, 0.25) is 0 Å². The molecule has 1 aromatic heterocycles. The molecule has 2 aromatic carbocycles. The maximum Gasteiger partial charge on any atom is 0.187 e. The molecule has 0 unspecified atom stereocenters. The van der Waals surface area contributed by atoms with Crippen molar-refractivity contribution in [3.63, 3.8) is 0 Å². The van der Waals surface area contributed by atoms with E-state index in [1.165, 1.54) is 0 Å². The minimum absolute atomic E-state index is 0.659. The molecule has 0 fully saturated rings. The molecule has 1 heterocycles. The van der Waals surface area contributed by atoms with Crippen molar-refractivity contribution in [3.8, 4) is 11.1 Å². The smallest absolute Gasteiger partial charge is 0.187 e. The first-order valence-electron chi connectivity index (χ1n) is 5.28. The second-order valence-electron chi connectivity index (χ2n) is 3.80. The van der Waals surface area contributed by atoms with Crippen molar-refractivity contribution in [2.75, 3.05) is 0 Å². The average Bonchev–Trinajstić information content (AvgIpc) is 2.86. The van der Waals surface area contributed by atoms with Crippen LogP contribution in [-0.4, -0.2) is 9.97 Å². The molecule has 0 saturated carbocycles. The monoisotopic (exact) mass is 219 g/mol. The molecule has 0 amide bonds. The number of rotatable bonds is 1. The lowest BCUT2D eigenvalue weighted by Gasteiger charge is -2.02. The fourth-order valence-corrected chi connectivity index (χ4v) is 1.87. The molecule has 0 bridgehead atoms. The zero-order chi connectivity index (χ0) is 11.7. The van der Waals surface area contributed by atoms with E-state index in [0.29, 0.717) is 5.69 Å². The van der Waals surface area contributed by atoms with Crippen LogP contribution >= 0.6 is 0 Å². The van der Waals surface area contributed by atoms with E-state index in [0.717, 1.165) is 22.2 Å². The summed E-state index contributed by atoms with van der Waals surface area (Å²) in [5.74, 6) is 0. The number of benzene rings is 2. The first-order valence-corrected chi connectivity index (χ1v) is 5.28. The summed E-state index contributed by atoms with van der Waals surface area (Å²) in [6.45, 7) is 7.02. The number of aromatic nitrogens is 2. The van der Waals surface area contributed by atoms with Gasteiger partial charge in [-0.05, 0) is 29.3 Å². The lowest BCUT2D eigenvalue weighted by Crippen LogP contribution is -1.77. The van der Waals surface area contributed by atoms with Crippen LogP contribution in [-0.2, 0) is 0 Å². The van der Waals surface area contributed by atoms with Crippen LogP contribution in [0.2, 0.25) is 0 Å². The van der Waals surface area contributed by atoms with Crippen LogP contribution in [0.5, 0.6) is 0 Å². The van der Waals surface area contributed by atoms with Crippen LogP contribution in [0.1, 0.15) is 0 Å². The summed E-state index contributed by atoms with van der Waals surface area (Å²) in [7, 11) is 0. The minimum atomic E-state index is 0.659. The van der Waals surface area contributed by atoms with Crippen molar-refractivity contribution in [2.24, 2.45) is 0 Å². The molecule has 0 spiro atoms. The third-order valence-corrected chi connectivity index (χ3v) is 2.73. The molecule has 3 heteroatoms. The summed E-state index contributed by atoms with van der Waals surface area (Å²) in [5, 5.41) is 0. The van der Waals surface area contributed by atoms with Gasteiger partial charge in [-0.3, -0.25) is 0 Å². The van der Waals surface area contributed by atoms with Gasteiger partial charge in [0.1, 0.15) is 0 Å². The van der Waals surface area contributed by atoms with Gasteiger partial charge in [0.25, 0.3) is 0 Å². The molecule has 0 radical (unpaired) electrons. The quantitative estimate of drug-likeness (QED) is 0.621. The predicted octanol–water partition coefficient (Wildman–Crippen LogP) is 3.78. The maximum atomic E-state index is 7.02. The molecule has 0 saturated heterocycles. The lowest BCUT2D eigenvalue weighted by molar-refractivity contribution is 1.34. The summed E-state index contributed by atoms with van der Waals surface area (Å²) in [6.07, 6.45) is 1.68. The van der Waals surface area contributed by atoms with Gasteiger partial charge in [0.05, 0.1) is 23.9 Å². The van der Waals surface area contributed by atoms with E-state index in [-0.39, 0.29) is 0 Å². The first kappa shape index (κ1) is 9.61. The molecular weight excluding hydrogens is 210 g/mol. The zero-order valence-corrected chi connectivity index (χ0v) is 9.01. The summed E-state index contributed by atoms with van der Waals surface area (Å²) in [6, 6.07) is 13.7. The van der Waals surface area contributed by atoms with Gasteiger partial charge in [0.15, 0.2) is 5.69 Å². The summed E-state index contributed by atoms with van der Waals surface area (Å²) in [4.78, 5) is 10.7. The Labute approximate surface area is 98.6 Å². The highest BCUT2D eigenvalue weighted by Gasteiger charge is 2.01. The largest absolute Gasteiger partial charge is 0.345 e. The Bertz CT molecular complexity index is 719. The number of nitrogens with zero attached hydrogens (tertiary/aromatic N) is 2. The van der Waals surface area contributed by atoms with Crippen molar-refractivity contribution >= 4 is 16.7 Å². The van der Waals surface area contributed by atoms with Gasteiger partial charge in [-0.15, -0.1) is 0 Å². The SMILES string of the molecule is [C-]#[N+]c1cccc(-c2ccc3nc[nH]c3c2)c1. The van der Waals surface area contributed by atoms with E-state index in [4.69, 9.17) is 6.57 Å². The van der Waals surface area contributed by atoms with Crippen LogP contribution in [0, 0.1) is 6.57 Å². The number of imidazole rings is 1. The normalized spacial score (nSPS) is 10.3. The van der Waals surface area contributed by atoms with Crippen LogP contribution in [0.4, 0.5) is 5.69 Å². The Morgan fingerprint density at radius 2 is 1.94 bits per heavy atom. The second kappa shape index (κ2) is 3.76. The van der Waals surface area contributed by atoms with E-state index in [2.05, 4.69) is 14.8 Å². The predicted molar refractivity (Wildman–Crippen MR) is 67.8 cm³/mol. The van der Waals surface area contributed by atoms with Gasteiger partial charge in [-0.25, -0.2) is 9.83 Å². The maximum absolute atomic E-state index is 7.02. The van der Waals surface area contributed by atoms with Gasteiger partial charge >= 0.3 is 0 Å². The summed E-state index contributed by atoms with van der Waals surface area (Å²) in [5.41, 5.74) is 4.76. The Morgan fingerprint density at radius 3 is 2.82 bits per heavy atom. The van der Waals surface area contributed by atoms with E-state index >= 15 is 0 Å². The highest BCUT2D eigenvalue weighted by molar-refractivity contribution is 5.82. The first-order chi connectivity index (χ1) is 8.36. The molecule has 3 rings (SSSR count). The zero-order valence-electron chi connectivity index (χ0n) is 9.01. The summed E-state index contributed by atoms with van der Waals surface area (Å²) >= 11 is 0. The fourth-order valence-electron chi connectivity index (χ4n) is 1.87. The number of H-pyrrole nitrogens is 1. The molecular formula is C14H9N3. The summed E-state index contributed by atoms with van der Waals surface area (Å²) < 4.78 is 0. The van der Waals surface area contributed by atoms with E-state index < -0.39 is 0 Å². The fraction of sp³-hybridized carbons (Fsp3) is 0. The average molecular weight is 219 g/mol. The molecule has 0 aliphatic heterocycles. The van der Waals surface area contributed by atoms with Gasteiger partial charge < -0.3 is 4.98 Å². The molecule has 3 nitrogen and oxygen atoms in total. The Hall–Kier alpha value is -2.60. The molecule has 17 heavy (non-hydrogen) atoms. The second-order valence-corrected chi connectivity index (χ2v) is 3.80. The molecule has 0 aliphatic rings. The standard InChI is InChI=1S/C14H9N3/c1-15-12-4-2-3-10(7-12)11-5-6-13-14(8-11)17-9-16-13/h2-9H,(H,16,17). The van der Waals surface area contributed by atoms with Crippen LogP contribution in [0.25, 0.3) is 27.0 Å². The van der Waals surface area contributed by atoms with Crippen molar-refractivity contribution in [1.82, 2.24) is 9.97 Å². The van der Waals surface area contributed by atoms with Gasteiger partial charge in [-0.2, -0.15) is 0 Å². The number of nitrogens with one attached hydrogen (secondary N) is 1. The van der Waals surface area contributed by atoms with E-state index in [1.807, 2.05) is 42.5 Å². The van der Waals surface area contributed by atoms with Crippen molar-refractivity contribution in [3.05, 3.63) is 60.2 Å². The topological polar surface area (TPSA) is 33.0 Å². The lowest BCUT2D eigenvalue weighted by atomic mass is 10.0. The van der Waals surface area contributed by atoms with Crippen molar-refractivity contribution in [1.29, 1.82) is 0 Å². The third-order valence-electron chi connectivity index (χ3n) is 2.73. The minimum Gasteiger partial charge on any atom is -0.345 e. The Morgan fingerprint density at radius 1 is 1.06 bits per heavy atom. The van der Waals surface area contributed by atoms with Crippen LogP contribution in [0.15, 0.2) is 48.8 Å². The van der Waals surface area contributed by atoms with Crippen molar-refractivity contribution in [2.45, 2.75) is 0 Å². The van der Waals surface area contributed by atoms with Crippen molar-refractivity contribution < 1.29 is 0 Å². The molecule has 0 atom stereocenters.